The zero-order valence-electron chi connectivity index (χ0n) is 20.1. The Morgan fingerprint density at radius 3 is 2.26 bits per heavy atom. The lowest BCUT2D eigenvalue weighted by Gasteiger charge is -2.29. The first-order chi connectivity index (χ1) is 17.0. The summed E-state index contributed by atoms with van der Waals surface area (Å²) < 4.78 is 10.7. The number of hydrogen-bond donors (Lipinski definition) is 1. The molecule has 0 amide bonds. The monoisotopic (exact) mass is 486 g/mol. The van der Waals surface area contributed by atoms with Gasteiger partial charge in [0.2, 0.25) is 0 Å². The first-order valence-electron chi connectivity index (χ1n) is 11.2. The van der Waals surface area contributed by atoms with E-state index in [9.17, 15) is 4.79 Å². The van der Waals surface area contributed by atoms with Crippen molar-refractivity contribution in [3.8, 4) is 22.6 Å². The van der Waals surface area contributed by atoms with Crippen LogP contribution in [0.1, 0.15) is 16.8 Å². The molecule has 7 nitrogen and oxygen atoms in total. The van der Waals surface area contributed by atoms with Gasteiger partial charge in [0, 0.05) is 24.2 Å². The summed E-state index contributed by atoms with van der Waals surface area (Å²) in [5, 5.41) is 1.05. The topological polar surface area (TPSA) is 80.3 Å². The number of methoxy groups -OCH3 is 2. The van der Waals surface area contributed by atoms with Gasteiger partial charge in [-0.25, -0.2) is 9.97 Å². The second kappa shape index (κ2) is 9.56. The van der Waals surface area contributed by atoms with E-state index < -0.39 is 0 Å². The Balaban J connectivity index is 1.80. The van der Waals surface area contributed by atoms with Crippen molar-refractivity contribution in [2.75, 3.05) is 34.1 Å². The number of nitrogens with zero attached hydrogens (tertiary/aromatic N) is 3. The fourth-order valence-electron chi connectivity index (χ4n) is 4.49. The molecule has 178 valence electrons. The Bertz CT molecular complexity index is 1480. The van der Waals surface area contributed by atoms with Crippen molar-refractivity contribution in [1.29, 1.82) is 0 Å². The molecule has 2 aromatic heterocycles. The third-order valence-electron chi connectivity index (χ3n) is 6.14. The van der Waals surface area contributed by atoms with Crippen molar-refractivity contribution in [3.63, 3.8) is 0 Å². The van der Waals surface area contributed by atoms with E-state index in [1.165, 1.54) is 11.8 Å². The van der Waals surface area contributed by atoms with Crippen molar-refractivity contribution in [2.45, 2.75) is 11.7 Å². The zero-order valence-corrected chi connectivity index (χ0v) is 20.9. The number of pyridine rings is 1. The highest BCUT2D eigenvalue weighted by atomic mass is 32.2. The van der Waals surface area contributed by atoms with E-state index in [1.54, 1.807) is 14.2 Å². The van der Waals surface area contributed by atoms with Crippen LogP contribution in [0.3, 0.4) is 0 Å². The van der Waals surface area contributed by atoms with E-state index in [1.807, 2.05) is 54.8 Å². The number of likely N-dealkylation sites (N-methyl/N-ethyl adjacent to an activating group) is 1. The highest BCUT2D eigenvalue weighted by molar-refractivity contribution is 7.98. The molecule has 2 aromatic carbocycles. The largest absolute Gasteiger partial charge is 0.497 e. The predicted octanol–water partition coefficient (Wildman–Crippen LogP) is 4.71. The fourth-order valence-corrected chi connectivity index (χ4v) is 4.86. The summed E-state index contributed by atoms with van der Waals surface area (Å²) in [4.78, 5) is 28.0. The van der Waals surface area contributed by atoms with E-state index in [0.29, 0.717) is 22.7 Å². The molecule has 0 fully saturated rings. The van der Waals surface area contributed by atoms with Gasteiger partial charge < -0.3 is 14.5 Å². The number of fused-ring (bicyclic) bond motifs is 2. The molecule has 0 atom stereocenters. The number of aromatic amines is 1. The maximum Gasteiger partial charge on any atom is 0.261 e. The fraction of sp³-hybridized carbons (Fsp3) is 0.222. The Morgan fingerprint density at radius 1 is 0.971 bits per heavy atom. The summed E-state index contributed by atoms with van der Waals surface area (Å²) in [6.45, 7) is 1.40. The maximum absolute atomic E-state index is 13.3. The summed E-state index contributed by atoms with van der Waals surface area (Å²) in [6, 6.07) is 15.7. The first kappa shape index (κ1) is 23.1. The lowest BCUT2D eigenvalue weighted by atomic mass is 9.90. The minimum absolute atomic E-state index is 0.186. The third-order valence-corrected chi connectivity index (χ3v) is 6.72. The van der Waals surface area contributed by atoms with Gasteiger partial charge in [0.1, 0.15) is 11.5 Å². The molecule has 0 radical (unpaired) electrons. The van der Waals surface area contributed by atoms with Gasteiger partial charge in [0.05, 0.1) is 25.3 Å². The Hall–Kier alpha value is -3.62. The number of H-pyrrole nitrogens is 1. The second-order valence-corrected chi connectivity index (χ2v) is 9.23. The van der Waals surface area contributed by atoms with E-state index in [4.69, 9.17) is 14.5 Å². The highest BCUT2D eigenvalue weighted by Crippen LogP contribution is 2.38. The van der Waals surface area contributed by atoms with Crippen LogP contribution in [0.4, 0.5) is 0 Å². The van der Waals surface area contributed by atoms with Crippen molar-refractivity contribution >= 4 is 34.4 Å². The van der Waals surface area contributed by atoms with Gasteiger partial charge in [-0.05, 0) is 60.3 Å². The molecule has 0 unspecified atom stereocenters. The molecule has 0 bridgehead atoms. The molecule has 1 N–H and O–H groups in total. The van der Waals surface area contributed by atoms with Gasteiger partial charge in [-0.1, -0.05) is 36.0 Å². The quantitative estimate of drug-likeness (QED) is 0.323. The second-order valence-electron chi connectivity index (χ2n) is 8.43. The van der Waals surface area contributed by atoms with Crippen LogP contribution in [0.15, 0.2) is 58.5 Å². The molecule has 0 spiro atoms. The molecule has 0 saturated heterocycles. The summed E-state index contributed by atoms with van der Waals surface area (Å²) in [7, 11) is 5.38. The average Bonchev–Trinajstić information content (AvgIpc) is 2.88. The third kappa shape index (κ3) is 4.42. The first-order valence-corrected chi connectivity index (χ1v) is 12.4. The van der Waals surface area contributed by atoms with Crippen LogP contribution >= 0.6 is 11.8 Å². The number of aromatic nitrogens is 3. The smallest absolute Gasteiger partial charge is 0.261 e. The molecule has 35 heavy (non-hydrogen) atoms. The number of thioether (sulfide) groups is 1. The zero-order chi connectivity index (χ0) is 24.5. The summed E-state index contributed by atoms with van der Waals surface area (Å²) in [6.07, 6.45) is 4.03. The molecule has 1 aliphatic rings. The maximum atomic E-state index is 13.3. The van der Waals surface area contributed by atoms with E-state index >= 15 is 0 Å². The van der Waals surface area contributed by atoms with Crippen LogP contribution in [-0.2, 0) is 6.54 Å². The molecule has 8 heteroatoms. The summed E-state index contributed by atoms with van der Waals surface area (Å²) >= 11 is 1.39. The van der Waals surface area contributed by atoms with E-state index in [2.05, 4.69) is 28.0 Å². The van der Waals surface area contributed by atoms with Gasteiger partial charge in [-0.3, -0.25) is 9.69 Å². The molecule has 1 aliphatic heterocycles. The van der Waals surface area contributed by atoms with Crippen LogP contribution in [-0.4, -0.2) is 53.9 Å². The predicted molar refractivity (Wildman–Crippen MR) is 141 cm³/mol. The summed E-state index contributed by atoms with van der Waals surface area (Å²) in [5.74, 6) is 1.57. The average molecular weight is 487 g/mol. The molecule has 4 aromatic rings. The Morgan fingerprint density at radius 2 is 1.63 bits per heavy atom. The van der Waals surface area contributed by atoms with Crippen molar-refractivity contribution in [2.24, 2.45) is 0 Å². The Labute approximate surface area is 207 Å². The minimum atomic E-state index is -0.186. The lowest BCUT2D eigenvalue weighted by molar-refractivity contribution is 0.359. The molecule has 0 saturated carbocycles. The van der Waals surface area contributed by atoms with Gasteiger partial charge in [0.25, 0.3) is 5.56 Å². The Kier molecular flexibility index (Phi) is 6.32. The van der Waals surface area contributed by atoms with E-state index in [0.717, 1.165) is 51.6 Å². The molecule has 5 rings (SSSR count). The highest BCUT2D eigenvalue weighted by Gasteiger charge is 2.27. The SMILES string of the molecule is COc1ccc(/C=C2\CN(C)Cc3c2nc2nc(SC)[nH]c(=O)c2c3-c2ccc(OC)cc2)cc1. The molecule has 0 aliphatic carbocycles. The van der Waals surface area contributed by atoms with Crippen molar-refractivity contribution in [1.82, 2.24) is 19.9 Å². The molecular weight excluding hydrogens is 460 g/mol. The van der Waals surface area contributed by atoms with Gasteiger partial charge in [-0.15, -0.1) is 0 Å². The number of rotatable bonds is 5. The van der Waals surface area contributed by atoms with Crippen LogP contribution in [0.2, 0.25) is 0 Å². The van der Waals surface area contributed by atoms with Crippen LogP contribution in [0, 0.1) is 0 Å². The standard InChI is InChI=1S/C27H26N4O3S/c1-31-14-18(13-16-5-9-19(33-2)10-6-16)24-21(15-31)22(17-7-11-20(34-3)12-8-17)23-25(28-24)29-27(35-4)30-26(23)32/h5-13H,14-15H2,1-4H3,(H,28,29,30,32)/b18-13+. The number of benzene rings is 2. The van der Waals surface area contributed by atoms with Gasteiger partial charge in [0.15, 0.2) is 10.8 Å². The van der Waals surface area contributed by atoms with Gasteiger partial charge in [-0.2, -0.15) is 0 Å². The lowest BCUT2D eigenvalue weighted by Crippen LogP contribution is -2.28. The van der Waals surface area contributed by atoms with Crippen LogP contribution in [0.25, 0.3) is 33.8 Å². The normalized spacial score (nSPS) is 14.8. The number of ether oxygens (including phenoxy) is 2. The minimum Gasteiger partial charge on any atom is -0.497 e. The molecular formula is C27H26N4O3S. The van der Waals surface area contributed by atoms with E-state index in [-0.39, 0.29) is 5.56 Å². The summed E-state index contributed by atoms with van der Waals surface area (Å²) in [5.41, 5.74) is 6.07. The van der Waals surface area contributed by atoms with Crippen molar-refractivity contribution < 1.29 is 9.47 Å². The number of nitrogens with one attached hydrogen (secondary N) is 1. The van der Waals surface area contributed by atoms with Crippen LogP contribution in [0.5, 0.6) is 11.5 Å². The van der Waals surface area contributed by atoms with Crippen LogP contribution < -0.4 is 15.0 Å². The van der Waals surface area contributed by atoms with Crippen molar-refractivity contribution in [3.05, 3.63) is 75.7 Å². The van der Waals surface area contributed by atoms with Gasteiger partial charge >= 0.3 is 0 Å². The molecule has 3 heterocycles. The number of hydrogen-bond acceptors (Lipinski definition) is 7.